The van der Waals surface area contributed by atoms with Gasteiger partial charge in [0.1, 0.15) is 18.4 Å². The minimum atomic E-state index is -2.60. The van der Waals surface area contributed by atoms with Crippen molar-refractivity contribution in [2.24, 2.45) is 5.92 Å². The second-order valence-electron chi connectivity index (χ2n) is 7.62. The number of imide groups is 1. The first-order valence-corrected chi connectivity index (χ1v) is 13.0. The van der Waals surface area contributed by atoms with Gasteiger partial charge in [-0.2, -0.15) is 9.97 Å². The van der Waals surface area contributed by atoms with Gasteiger partial charge < -0.3 is 29.7 Å². The summed E-state index contributed by atoms with van der Waals surface area (Å²) in [6, 6.07) is -1.20. The number of nitrogen functional groups attached to an aromatic ring is 1. The molecule has 180 valence electrons. The first-order chi connectivity index (χ1) is 15.7. The minimum Gasteiger partial charge on any atom is -0.479 e. The Bertz CT molecular complexity index is 1100. The van der Waals surface area contributed by atoms with Crippen molar-refractivity contribution in [3.05, 3.63) is 6.33 Å². The summed E-state index contributed by atoms with van der Waals surface area (Å²) in [6.45, 7) is 1.68. The molecule has 2 saturated heterocycles. The maximum Gasteiger partial charge on any atom is 0.324 e. The van der Waals surface area contributed by atoms with Crippen LogP contribution in [0.1, 0.15) is 13.2 Å². The Morgan fingerprint density at radius 1 is 1.39 bits per heavy atom. The molecule has 0 aliphatic carbocycles. The number of imidazole rings is 1. The molecule has 6 atom stereocenters. The molecule has 2 aromatic heterocycles. The second kappa shape index (κ2) is 9.43. The van der Waals surface area contributed by atoms with E-state index in [2.05, 4.69) is 20.3 Å². The van der Waals surface area contributed by atoms with Gasteiger partial charge in [-0.1, -0.05) is 18.3 Å². The number of nitrogens with two attached hydrogens (primary N) is 1. The summed E-state index contributed by atoms with van der Waals surface area (Å²) >= 11 is 0.947. The van der Waals surface area contributed by atoms with Gasteiger partial charge in [0.25, 0.3) is 5.91 Å². The number of urea groups is 1. The van der Waals surface area contributed by atoms with Crippen LogP contribution in [0.15, 0.2) is 6.33 Å². The number of ether oxygens (including phenoxy) is 2. The number of amides is 3. The molecule has 0 spiro atoms. The summed E-state index contributed by atoms with van der Waals surface area (Å²) in [5.41, 5.74) is 6.55. The molecule has 2 aromatic rings. The normalized spacial score (nSPS) is 28.5. The van der Waals surface area contributed by atoms with Crippen LogP contribution in [-0.4, -0.2) is 86.2 Å². The summed E-state index contributed by atoms with van der Waals surface area (Å²) in [4.78, 5) is 37.0. The van der Waals surface area contributed by atoms with E-state index in [4.69, 9.17) is 19.7 Å². The van der Waals surface area contributed by atoms with Crippen LogP contribution >= 0.6 is 18.6 Å². The Hall–Kier alpha value is -2.45. The second-order valence-corrected chi connectivity index (χ2v) is 10.9. The van der Waals surface area contributed by atoms with Gasteiger partial charge in [0.15, 0.2) is 11.2 Å². The van der Waals surface area contributed by atoms with Crippen LogP contribution in [0.4, 0.5) is 10.7 Å². The number of rotatable bonds is 8. The molecule has 33 heavy (non-hydrogen) atoms. The number of carbonyl (C=O) groups is 2. The third-order valence-electron chi connectivity index (χ3n) is 5.60. The van der Waals surface area contributed by atoms with Crippen LogP contribution in [0.2, 0.25) is 0 Å². The number of fused-ring (bicyclic) bond motifs is 1. The molecule has 3 amide bonds. The maximum atomic E-state index is 12.3. The van der Waals surface area contributed by atoms with Crippen molar-refractivity contribution in [1.29, 1.82) is 0 Å². The summed E-state index contributed by atoms with van der Waals surface area (Å²) in [6.07, 6.45) is -0.786. The number of carbonyl (C=O) groups excluding carboxylic acids is 2. The Labute approximate surface area is 192 Å². The fraction of sp³-hybridized carbons (Fsp3) is 0.588. The van der Waals surface area contributed by atoms with E-state index in [1.807, 2.05) is 0 Å². The molecular weight excluding hydrogens is 477 g/mol. The van der Waals surface area contributed by atoms with Crippen molar-refractivity contribution < 1.29 is 33.3 Å². The SMILES string of the molecule is COc1nc(N)nc2c1ncn2C1OC(CO[PH](=O)SCC2C(=O)NC(=O)N2C)[C@@H](O)C1C. The van der Waals surface area contributed by atoms with E-state index in [1.165, 1.54) is 25.4 Å². The molecule has 2 aliphatic rings. The van der Waals surface area contributed by atoms with E-state index in [0.29, 0.717) is 11.2 Å². The largest absolute Gasteiger partial charge is 0.479 e. The van der Waals surface area contributed by atoms with Gasteiger partial charge in [0.05, 0.1) is 26.1 Å². The molecule has 5 unspecified atom stereocenters. The Morgan fingerprint density at radius 3 is 2.82 bits per heavy atom. The average molecular weight is 501 g/mol. The van der Waals surface area contributed by atoms with Crippen LogP contribution in [0.25, 0.3) is 11.2 Å². The van der Waals surface area contributed by atoms with Crippen molar-refractivity contribution in [3.63, 3.8) is 0 Å². The van der Waals surface area contributed by atoms with E-state index < -0.39 is 43.6 Å². The molecular formula is C17H24N7O7PS. The average Bonchev–Trinajstić information content (AvgIpc) is 3.39. The van der Waals surface area contributed by atoms with Gasteiger partial charge >= 0.3 is 6.03 Å². The first-order valence-electron chi connectivity index (χ1n) is 9.96. The van der Waals surface area contributed by atoms with E-state index in [-0.39, 0.29) is 30.1 Å². The summed E-state index contributed by atoms with van der Waals surface area (Å²) in [5.74, 6) is -0.449. The van der Waals surface area contributed by atoms with E-state index in [9.17, 15) is 19.3 Å². The van der Waals surface area contributed by atoms with Crippen molar-refractivity contribution in [2.45, 2.75) is 31.4 Å². The summed E-state index contributed by atoms with van der Waals surface area (Å²) < 4.78 is 30.6. The zero-order chi connectivity index (χ0) is 23.9. The fourth-order valence-corrected chi connectivity index (χ4v) is 6.09. The lowest BCUT2D eigenvalue weighted by atomic mass is 10.0. The van der Waals surface area contributed by atoms with Crippen LogP contribution in [0, 0.1) is 5.92 Å². The highest BCUT2D eigenvalue weighted by molar-refractivity contribution is 8.50. The lowest BCUT2D eigenvalue weighted by molar-refractivity contribution is -0.120. The standard InChI is InChI=1S/C17H24N7O7PS/c1-7-11(25)9(4-30-32(28)33-5-8-13(26)21-17(27)23(8)2)31-15(7)24-6-19-10-12(24)20-16(18)22-14(10)29-3/h6-9,11,15,25,32H,4-5H2,1-3H3,(H2,18,20,22)(H,21,26,27)/t7?,8?,9?,11-,15?/m0/s1. The molecule has 0 radical (unpaired) electrons. The Kier molecular flexibility index (Phi) is 6.77. The molecule has 0 aromatic carbocycles. The molecule has 4 rings (SSSR count). The number of likely N-dealkylation sites (N-methyl/N-ethyl adjacent to an activating group) is 1. The van der Waals surface area contributed by atoms with Crippen molar-refractivity contribution >= 4 is 47.7 Å². The number of nitrogens with one attached hydrogen (secondary N) is 1. The van der Waals surface area contributed by atoms with Gasteiger partial charge in [-0.05, 0) is 0 Å². The van der Waals surface area contributed by atoms with Crippen LogP contribution in [0.5, 0.6) is 5.88 Å². The Balaban J connectivity index is 1.38. The molecule has 4 N–H and O–H groups in total. The van der Waals surface area contributed by atoms with Gasteiger partial charge in [-0.15, -0.1) is 0 Å². The highest BCUT2D eigenvalue weighted by Gasteiger charge is 2.43. The predicted octanol–water partition coefficient (Wildman–Crippen LogP) is 0.00120. The lowest BCUT2D eigenvalue weighted by Crippen LogP contribution is -2.33. The van der Waals surface area contributed by atoms with E-state index >= 15 is 0 Å². The van der Waals surface area contributed by atoms with E-state index in [0.717, 1.165) is 11.4 Å². The molecule has 2 fully saturated rings. The van der Waals surface area contributed by atoms with Crippen LogP contribution < -0.4 is 15.8 Å². The van der Waals surface area contributed by atoms with Crippen molar-refractivity contribution in [1.82, 2.24) is 29.7 Å². The summed E-state index contributed by atoms with van der Waals surface area (Å²) in [5, 5.41) is 12.8. The third kappa shape index (κ3) is 4.51. The maximum absolute atomic E-state index is 12.3. The fourth-order valence-electron chi connectivity index (χ4n) is 3.70. The molecule has 4 heterocycles. The number of nitrogens with zero attached hydrogens (tertiary/aromatic N) is 5. The number of hydrogen-bond acceptors (Lipinski definition) is 12. The van der Waals surface area contributed by atoms with Crippen molar-refractivity contribution in [3.8, 4) is 5.88 Å². The van der Waals surface area contributed by atoms with Gasteiger partial charge in [0.2, 0.25) is 19.1 Å². The Morgan fingerprint density at radius 2 is 2.15 bits per heavy atom. The number of aliphatic hydroxyl groups excluding tert-OH is 1. The number of aromatic nitrogens is 4. The molecule has 14 nitrogen and oxygen atoms in total. The third-order valence-corrected chi connectivity index (χ3v) is 8.28. The van der Waals surface area contributed by atoms with Crippen LogP contribution in [-0.2, 0) is 18.6 Å². The molecule has 2 aliphatic heterocycles. The molecule has 16 heteroatoms. The smallest absolute Gasteiger partial charge is 0.324 e. The highest BCUT2D eigenvalue weighted by atomic mass is 32.7. The van der Waals surface area contributed by atoms with Gasteiger partial charge in [-0.25, -0.2) is 9.78 Å². The number of methoxy groups -OCH3 is 1. The first kappa shape index (κ1) is 23.7. The highest BCUT2D eigenvalue weighted by Crippen LogP contribution is 2.42. The minimum absolute atomic E-state index is 0.00564. The zero-order valence-corrected chi connectivity index (χ0v) is 19.8. The predicted molar refractivity (Wildman–Crippen MR) is 118 cm³/mol. The monoisotopic (exact) mass is 501 g/mol. The van der Waals surface area contributed by atoms with Gasteiger partial charge in [-0.3, -0.25) is 19.2 Å². The van der Waals surface area contributed by atoms with Crippen molar-refractivity contribution in [2.75, 3.05) is 32.3 Å². The van der Waals surface area contributed by atoms with Gasteiger partial charge in [0, 0.05) is 18.7 Å². The number of aliphatic hydroxyl groups is 1. The zero-order valence-electron chi connectivity index (χ0n) is 18.0. The number of anilines is 1. The summed E-state index contributed by atoms with van der Waals surface area (Å²) in [7, 11) is 0.331. The van der Waals surface area contributed by atoms with E-state index in [1.54, 1.807) is 11.5 Å². The topological polar surface area (TPSA) is 184 Å². The van der Waals surface area contributed by atoms with Crippen LogP contribution in [0.3, 0.4) is 0 Å². The molecule has 0 bridgehead atoms. The number of hydrogen-bond donors (Lipinski definition) is 3. The molecule has 0 saturated carbocycles. The lowest BCUT2D eigenvalue weighted by Gasteiger charge is -2.17. The quantitative estimate of drug-likeness (QED) is 0.325.